The molecule has 1 aliphatic rings. The van der Waals surface area contributed by atoms with Crippen molar-refractivity contribution in [3.8, 4) is 11.9 Å². The molecule has 4 rings (SSSR count). The Bertz CT molecular complexity index is 1150. The van der Waals surface area contributed by atoms with Crippen LogP contribution in [0.5, 0.6) is 5.88 Å². The minimum atomic E-state index is -0.624. The number of hydrogen-bond donors (Lipinski definition) is 3. The zero-order chi connectivity index (χ0) is 17.7. The topological polar surface area (TPSA) is 121 Å². The number of hydrogen-bond acceptors (Lipinski definition) is 5. The number of para-hydroxylation sites is 1. The zero-order valence-corrected chi connectivity index (χ0v) is 13.7. The lowest BCUT2D eigenvalue weighted by atomic mass is 9.84. The third-order valence-electron chi connectivity index (χ3n) is 4.56. The van der Waals surface area contributed by atoms with Gasteiger partial charge < -0.3 is 15.5 Å². The van der Waals surface area contributed by atoms with Crippen LogP contribution in [0.1, 0.15) is 28.3 Å². The molecule has 1 aromatic carbocycles. The number of nitrogens with zero attached hydrogens (tertiary/aromatic N) is 2. The van der Waals surface area contributed by atoms with Gasteiger partial charge in [-0.05, 0) is 30.9 Å². The fourth-order valence-corrected chi connectivity index (χ4v) is 3.32. The average Bonchev–Trinajstić information content (AvgIpc) is 2.95. The summed E-state index contributed by atoms with van der Waals surface area (Å²) in [6.45, 7) is 3.75. The van der Waals surface area contributed by atoms with Crippen LogP contribution in [0.4, 0.5) is 0 Å². The first-order valence-corrected chi connectivity index (χ1v) is 7.76. The third-order valence-corrected chi connectivity index (χ3v) is 4.56. The number of nitrogens with two attached hydrogens (primary N) is 1. The maximum Gasteiger partial charge on any atom is 0.252 e. The van der Waals surface area contributed by atoms with Crippen molar-refractivity contribution in [2.75, 3.05) is 0 Å². The van der Waals surface area contributed by atoms with Crippen LogP contribution in [0.15, 0.2) is 40.5 Å². The van der Waals surface area contributed by atoms with Gasteiger partial charge >= 0.3 is 0 Å². The second-order valence-electron chi connectivity index (χ2n) is 6.09. The number of nitrogens with one attached hydrogen (secondary N) is 2. The first-order valence-electron chi connectivity index (χ1n) is 7.76. The largest absolute Gasteiger partial charge is 0.420 e. The highest BCUT2D eigenvalue weighted by atomic mass is 16.5. The van der Waals surface area contributed by atoms with Gasteiger partial charge in [0.1, 0.15) is 11.6 Å². The van der Waals surface area contributed by atoms with Crippen LogP contribution in [0.25, 0.3) is 10.9 Å². The van der Waals surface area contributed by atoms with Gasteiger partial charge in [-0.2, -0.15) is 5.26 Å². The van der Waals surface area contributed by atoms with E-state index in [2.05, 4.69) is 21.3 Å². The van der Waals surface area contributed by atoms with Crippen LogP contribution in [0.3, 0.4) is 0 Å². The Kier molecular flexibility index (Phi) is 3.15. The molecule has 25 heavy (non-hydrogen) atoms. The summed E-state index contributed by atoms with van der Waals surface area (Å²) in [6.07, 6.45) is 0. The summed E-state index contributed by atoms with van der Waals surface area (Å²) < 4.78 is 5.43. The molecule has 2 aromatic heterocycles. The maximum atomic E-state index is 12.8. The second-order valence-corrected chi connectivity index (χ2v) is 6.09. The van der Waals surface area contributed by atoms with E-state index in [1.807, 2.05) is 32.0 Å². The summed E-state index contributed by atoms with van der Waals surface area (Å²) in [6, 6.07) is 9.66. The van der Waals surface area contributed by atoms with Gasteiger partial charge in [0.25, 0.3) is 5.56 Å². The fourth-order valence-electron chi connectivity index (χ4n) is 3.32. The van der Waals surface area contributed by atoms with Crippen molar-refractivity contribution in [1.29, 1.82) is 5.26 Å². The monoisotopic (exact) mass is 333 g/mol. The molecule has 7 heteroatoms. The van der Waals surface area contributed by atoms with Crippen molar-refractivity contribution >= 4 is 10.9 Å². The number of aryl methyl sites for hydroxylation is 2. The number of rotatable bonds is 1. The quantitative estimate of drug-likeness (QED) is 0.629. The van der Waals surface area contributed by atoms with Crippen molar-refractivity contribution < 1.29 is 4.74 Å². The minimum Gasteiger partial charge on any atom is -0.420 e. The number of ether oxygens (including phenoxy) is 1. The first-order chi connectivity index (χ1) is 12.0. The Morgan fingerprint density at radius 1 is 1.36 bits per heavy atom. The summed E-state index contributed by atoms with van der Waals surface area (Å²) in [5.74, 6) is -0.362. The lowest BCUT2D eigenvalue weighted by molar-refractivity contribution is 0.378. The summed E-state index contributed by atoms with van der Waals surface area (Å²) in [5, 5.41) is 17.4. The van der Waals surface area contributed by atoms with Crippen LogP contribution in [-0.2, 0) is 0 Å². The van der Waals surface area contributed by atoms with Crippen LogP contribution in [0, 0.1) is 25.2 Å². The molecule has 4 N–H and O–H groups in total. The molecule has 0 saturated heterocycles. The molecule has 3 heterocycles. The van der Waals surface area contributed by atoms with Gasteiger partial charge in [0.15, 0.2) is 0 Å². The van der Waals surface area contributed by atoms with E-state index in [1.54, 1.807) is 6.07 Å². The predicted octanol–water partition coefficient (Wildman–Crippen LogP) is 2.09. The van der Waals surface area contributed by atoms with E-state index in [9.17, 15) is 10.1 Å². The first kappa shape index (κ1) is 15.0. The van der Waals surface area contributed by atoms with Crippen LogP contribution in [-0.4, -0.2) is 15.2 Å². The van der Waals surface area contributed by atoms with Gasteiger partial charge in [-0.15, -0.1) is 5.10 Å². The van der Waals surface area contributed by atoms with Gasteiger partial charge in [-0.1, -0.05) is 18.2 Å². The minimum absolute atomic E-state index is 0.0322. The highest BCUT2D eigenvalue weighted by Crippen LogP contribution is 2.41. The van der Waals surface area contributed by atoms with E-state index in [1.165, 1.54) is 0 Å². The molecule has 0 fully saturated rings. The van der Waals surface area contributed by atoms with E-state index in [4.69, 9.17) is 10.5 Å². The zero-order valence-electron chi connectivity index (χ0n) is 13.7. The standard InChI is InChI=1S/C18H15N5O2/c1-8-4-3-5-10-6-11(17(24)21-15(8)10)14-12(7-19)16(20)25-18-13(14)9(2)22-23-18/h3-6,14H,20H2,1-2H3,(H,21,24)(H,22,23)/t14-/m0/s1. The van der Waals surface area contributed by atoms with Crippen molar-refractivity contribution in [3.05, 3.63) is 68.5 Å². The van der Waals surface area contributed by atoms with Crippen molar-refractivity contribution in [2.45, 2.75) is 19.8 Å². The molecule has 0 spiro atoms. The number of nitriles is 1. The highest BCUT2D eigenvalue weighted by Gasteiger charge is 2.35. The molecular weight excluding hydrogens is 318 g/mol. The number of aromatic amines is 2. The molecule has 0 bridgehead atoms. The molecule has 0 aliphatic carbocycles. The van der Waals surface area contributed by atoms with Gasteiger partial charge in [0.2, 0.25) is 11.8 Å². The van der Waals surface area contributed by atoms with E-state index in [0.717, 1.165) is 22.2 Å². The van der Waals surface area contributed by atoms with Crippen LogP contribution >= 0.6 is 0 Å². The van der Waals surface area contributed by atoms with Gasteiger partial charge in [0, 0.05) is 16.8 Å². The Balaban J connectivity index is 2.05. The molecule has 0 radical (unpaired) electrons. The van der Waals surface area contributed by atoms with E-state index in [0.29, 0.717) is 17.0 Å². The average molecular weight is 333 g/mol. The summed E-state index contributed by atoms with van der Waals surface area (Å²) >= 11 is 0. The molecule has 1 atom stereocenters. The van der Waals surface area contributed by atoms with Gasteiger partial charge in [0.05, 0.1) is 11.4 Å². The van der Waals surface area contributed by atoms with Gasteiger partial charge in [-0.25, -0.2) is 0 Å². The fraction of sp³-hybridized carbons (Fsp3) is 0.167. The SMILES string of the molecule is Cc1[nH]nc2c1[C@@H](c1cc3cccc(C)c3[nH]c1=O)C(C#N)=C(N)O2. The second kappa shape index (κ2) is 5.24. The molecule has 124 valence electrons. The lowest BCUT2D eigenvalue weighted by Crippen LogP contribution is -2.25. The number of benzene rings is 1. The smallest absolute Gasteiger partial charge is 0.252 e. The number of pyridine rings is 1. The van der Waals surface area contributed by atoms with Crippen molar-refractivity contribution in [1.82, 2.24) is 15.2 Å². The summed E-state index contributed by atoms with van der Waals surface area (Å²) in [7, 11) is 0. The summed E-state index contributed by atoms with van der Waals surface area (Å²) in [4.78, 5) is 15.7. The third kappa shape index (κ3) is 2.11. The Hall–Kier alpha value is -3.53. The van der Waals surface area contributed by atoms with Crippen molar-refractivity contribution in [2.24, 2.45) is 5.73 Å². The van der Waals surface area contributed by atoms with E-state index in [-0.39, 0.29) is 17.0 Å². The van der Waals surface area contributed by atoms with E-state index >= 15 is 0 Å². The molecule has 0 amide bonds. The molecule has 3 aromatic rings. The van der Waals surface area contributed by atoms with E-state index < -0.39 is 5.92 Å². The molecule has 1 aliphatic heterocycles. The van der Waals surface area contributed by atoms with Crippen LogP contribution < -0.4 is 16.0 Å². The van der Waals surface area contributed by atoms with Crippen LogP contribution in [0.2, 0.25) is 0 Å². The Labute approximate surface area is 142 Å². The molecule has 0 unspecified atom stereocenters. The normalized spacial score (nSPS) is 16.4. The molecular formula is C18H15N5O2. The Morgan fingerprint density at radius 2 is 2.16 bits per heavy atom. The summed E-state index contributed by atoms with van der Waals surface area (Å²) in [5.41, 5.74) is 9.41. The lowest BCUT2D eigenvalue weighted by Gasteiger charge is -2.23. The molecule has 7 nitrogen and oxygen atoms in total. The Morgan fingerprint density at radius 3 is 2.92 bits per heavy atom. The number of aromatic nitrogens is 3. The molecule has 0 saturated carbocycles. The van der Waals surface area contributed by atoms with Gasteiger partial charge in [-0.3, -0.25) is 9.89 Å². The number of fused-ring (bicyclic) bond motifs is 2. The highest BCUT2D eigenvalue weighted by molar-refractivity contribution is 5.82. The van der Waals surface area contributed by atoms with Crippen molar-refractivity contribution in [3.63, 3.8) is 0 Å². The number of H-pyrrole nitrogens is 2. The maximum absolute atomic E-state index is 12.8. The predicted molar refractivity (Wildman–Crippen MR) is 91.9 cm³/mol. The number of allylic oxidation sites excluding steroid dienone is 1.